The van der Waals surface area contributed by atoms with Crippen molar-refractivity contribution in [3.63, 3.8) is 0 Å². The van der Waals surface area contributed by atoms with E-state index in [1.807, 2.05) is 30.8 Å². The van der Waals surface area contributed by atoms with E-state index in [-0.39, 0.29) is 18.6 Å². The molecule has 3 rings (SSSR count). The van der Waals surface area contributed by atoms with Crippen LogP contribution in [-0.2, 0) is 13.2 Å². The van der Waals surface area contributed by atoms with Crippen LogP contribution in [-0.4, -0.2) is 42.4 Å². The van der Waals surface area contributed by atoms with Gasteiger partial charge in [-0.05, 0) is 61.0 Å². The lowest BCUT2D eigenvalue weighted by Crippen LogP contribution is -2.25. The Labute approximate surface area is 157 Å². The highest BCUT2D eigenvalue weighted by Crippen LogP contribution is 2.14. The Morgan fingerprint density at radius 1 is 1.26 bits per heavy atom. The molecule has 0 radical (unpaired) electrons. The molecular formula is C18H23N7O2. The molecule has 0 saturated heterocycles. The van der Waals surface area contributed by atoms with Gasteiger partial charge in [0.1, 0.15) is 12.4 Å². The molecule has 9 heteroatoms. The van der Waals surface area contributed by atoms with E-state index in [1.54, 1.807) is 35.1 Å². The van der Waals surface area contributed by atoms with Gasteiger partial charge in [0.25, 0.3) is 5.91 Å². The number of carbonyl (C=O) groups excluding carboxylic acids is 1. The number of nitrogens with zero attached hydrogens (tertiary/aromatic N) is 6. The quantitative estimate of drug-likeness (QED) is 0.578. The lowest BCUT2D eigenvalue weighted by molar-refractivity contribution is 0.0952. The highest BCUT2D eigenvalue weighted by atomic mass is 16.5. The molecule has 1 aromatic carbocycles. The normalized spacial score (nSPS) is 10.9. The number of rotatable bonds is 9. The summed E-state index contributed by atoms with van der Waals surface area (Å²) in [7, 11) is 0. The second-order valence-electron chi connectivity index (χ2n) is 6.33. The van der Waals surface area contributed by atoms with Gasteiger partial charge in [-0.25, -0.2) is 4.68 Å². The third-order valence-corrected chi connectivity index (χ3v) is 3.94. The largest absolute Gasteiger partial charge is 0.486 e. The molecule has 0 saturated carbocycles. The topological polar surface area (TPSA) is 99.8 Å². The first-order chi connectivity index (χ1) is 13.1. The molecule has 0 atom stereocenters. The average molecular weight is 369 g/mol. The lowest BCUT2D eigenvalue weighted by Gasteiger charge is -2.10. The number of tetrazole rings is 1. The van der Waals surface area contributed by atoms with Crippen molar-refractivity contribution in [2.24, 2.45) is 0 Å². The summed E-state index contributed by atoms with van der Waals surface area (Å²) in [6, 6.07) is 9.06. The fourth-order valence-corrected chi connectivity index (χ4v) is 2.54. The Balaban J connectivity index is 1.44. The second kappa shape index (κ2) is 8.93. The zero-order valence-corrected chi connectivity index (χ0v) is 15.4. The molecule has 0 unspecified atom stereocenters. The molecule has 0 fully saturated rings. The maximum Gasteiger partial charge on any atom is 0.251 e. The molecule has 1 amide bonds. The molecule has 142 valence electrons. The number of aromatic nitrogens is 6. The molecule has 1 N–H and O–H groups in total. The van der Waals surface area contributed by atoms with Crippen molar-refractivity contribution in [2.45, 2.75) is 39.5 Å². The van der Waals surface area contributed by atoms with Crippen molar-refractivity contribution in [1.82, 2.24) is 35.3 Å². The van der Waals surface area contributed by atoms with Crippen LogP contribution in [0.3, 0.4) is 0 Å². The van der Waals surface area contributed by atoms with Crippen LogP contribution in [0.15, 0.2) is 42.7 Å². The van der Waals surface area contributed by atoms with Gasteiger partial charge < -0.3 is 10.1 Å². The highest BCUT2D eigenvalue weighted by Gasteiger charge is 2.10. The molecular weight excluding hydrogens is 346 g/mol. The van der Waals surface area contributed by atoms with Crippen molar-refractivity contribution >= 4 is 5.91 Å². The molecule has 2 aromatic heterocycles. The number of ether oxygens (including phenoxy) is 1. The summed E-state index contributed by atoms with van der Waals surface area (Å²) in [5.41, 5.74) is 0.591. The summed E-state index contributed by atoms with van der Waals surface area (Å²) in [5, 5.41) is 18.6. The second-order valence-corrected chi connectivity index (χ2v) is 6.33. The van der Waals surface area contributed by atoms with Crippen LogP contribution >= 0.6 is 0 Å². The van der Waals surface area contributed by atoms with Gasteiger partial charge in [-0.2, -0.15) is 5.10 Å². The van der Waals surface area contributed by atoms with Gasteiger partial charge in [-0.3, -0.25) is 9.48 Å². The van der Waals surface area contributed by atoms with Crippen molar-refractivity contribution in [2.75, 3.05) is 6.54 Å². The fraction of sp³-hybridized carbons (Fsp3) is 0.389. The zero-order chi connectivity index (χ0) is 19.1. The number of hydrogen-bond acceptors (Lipinski definition) is 6. The molecule has 2 heterocycles. The van der Waals surface area contributed by atoms with Crippen LogP contribution in [0.1, 0.15) is 42.5 Å². The Bertz CT molecular complexity index is 841. The van der Waals surface area contributed by atoms with Crippen LogP contribution < -0.4 is 10.1 Å². The van der Waals surface area contributed by atoms with Gasteiger partial charge in [0.15, 0.2) is 5.82 Å². The number of carbonyl (C=O) groups is 1. The summed E-state index contributed by atoms with van der Waals surface area (Å²) >= 11 is 0. The summed E-state index contributed by atoms with van der Waals surface area (Å²) in [6.07, 6.45) is 4.46. The maximum absolute atomic E-state index is 12.2. The highest BCUT2D eigenvalue weighted by molar-refractivity contribution is 5.94. The third-order valence-electron chi connectivity index (χ3n) is 3.94. The van der Waals surface area contributed by atoms with Crippen molar-refractivity contribution in [3.8, 4) is 5.75 Å². The van der Waals surface area contributed by atoms with Crippen LogP contribution in [0.5, 0.6) is 5.75 Å². The van der Waals surface area contributed by atoms with Gasteiger partial charge in [0.05, 0.1) is 6.04 Å². The van der Waals surface area contributed by atoms with Gasteiger partial charge >= 0.3 is 0 Å². The molecule has 0 aliphatic rings. The number of aryl methyl sites for hydroxylation is 1. The van der Waals surface area contributed by atoms with Crippen LogP contribution in [0, 0.1) is 0 Å². The van der Waals surface area contributed by atoms with Gasteiger partial charge in [-0.15, -0.1) is 5.10 Å². The van der Waals surface area contributed by atoms with E-state index in [2.05, 4.69) is 25.9 Å². The minimum absolute atomic E-state index is 0.106. The first-order valence-corrected chi connectivity index (χ1v) is 8.88. The van der Waals surface area contributed by atoms with Crippen LogP contribution in [0.2, 0.25) is 0 Å². The van der Waals surface area contributed by atoms with Gasteiger partial charge in [0.2, 0.25) is 0 Å². The minimum atomic E-state index is -0.106. The summed E-state index contributed by atoms with van der Waals surface area (Å²) < 4.78 is 9.27. The summed E-state index contributed by atoms with van der Waals surface area (Å²) in [4.78, 5) is 12.2. The van der Waals surface area contributed by atoms with E-state index in [4.69, 9.17) is 4.74 Å². The monoisotopic (exact) mass is 369 g/mol. The van der Waals surface area contributed by atoms with E-state index in [0.29, 0.717) is 23.7 Å². The van der Waals surface area contributed by atoms with Crippen molar-refractivity contribution in [3.05, 3.63) is 54.1 Å². The van der Waals surface area contributed by atoms with Crippen molar-refractivity contribution < 1.29 is 9.53 Å². The SMILES string of the molecule is CC(C)n1nnnc1COc1ccc(C(=O)NCCCn2cccn2)cc1. The Hall–Kier alpha value is -3.23. The first-order valence-electron chi connectivity index (χ1n) is 8.88. The van der Waals surface area contributed by atoms with E-state index in [1.165, 1.54) is 0 Å². The van der Waals surface area contributed by atoms with Crippen molar-refractivity contribution in [1.29, 1.82) is 0 Å². The van der Waals surface area contributed by atoms with Gasteiger partial charge in [-0.1, -0.05) is 0 Å². The predicted octanol–water partition coefficient (Wildman–Crippen LogP) is 1.85. The van der Waals surface area contributed by atoms with E-state index in [9.17, 15) is 4.79 Å². The molecule has 0 bridgehead atoms. The number of amides is 1. The molecule has 27 heavy (non-hydrogen) atoms. The Morgan fingerprint density at radius 3 is 2.78 bits per heavy atom. The molecule has 0 aliphatic carbocycles. The lowest BCUT2D eigenvalue weighted by atomic mass is 10.2. The Kier molecular flexibility index (Phi) is 6.14. The van der Waals surface area contributed by atoms with Crippen LogP contribution in [0.25, 0.3) is 0 Å². The maximum atomic E-state index is 12.2. The molecule has 0 spiro atoms. The zero-order valence-electron chi connectivity index (χ0n) is 15.4. The number of hydrogen-bond donors (Lipinski definition) is 1. The standard InChI is InChI=1S/C18H23N7O2/c1-14(2)25-17(21-22-23-25)13-27-16-7-5-15(6-8-16)18(26)19-9-3-11-24-12-4-10-20-24/h4-8,10,12,14H,3,9,11,13H2,1-2H3,(H,19,26). The van der Waals surface area contributed by atoms with E-state index < -0.39 is 0 Å². The van der Waals surface area contributed by atoms with Crippen LogP contribution in [0.4, 0.5) is 0 Å². The smallest absolute Gasteiger partial charge is 0.251 e. The number of benzene rings is 1. The number of nitrogens with one attached hydrogen (secondary N) is 1. The molecule has 0 aliphatic heterocycles. The van der Waals surface area contributed by atoms with E-state index in [0.717, 1.165) is 13.0 Å². The minimum Gasteiger partial charge on any atom is -0.486 e. The Morgan fingerprint density at radius 2 is 2.07 bits per heavy atom. The molecule has 3 aromatic rings. The summed E-state index contributed by atoms with van der Waals surface area (Å²) in [5.74, 6) is 1.21. The average Bonchev–Trinajstić information content (AvgIpc) is 3.35. The van der Waals surface area contributed by atoms with Gasteiger partial charge in [0, 0.05) is 31.0 Å². The first kappa shape index (κ1) is 18.6. The third kappa shape index (κ3) is 5.13. The summed E-state index contributed by atoms with van der Waals surface area (Å²) in [6.45, 7) is 5.64. The fourth-order valence-electron chi connectivity index (χ4n) is 2.54. The molecule has 9 nitrogen and oxygen atoms in total. The van der Waals surface area contributed by atoms with E-state index >= 15 is 0 Å². The predicted molar refractivity (Wildman–Crippen MR) is 98.2 cm³/mol.